The van der Waals surface area contributed by atoms with Gasteiger partial charge in [-0.25, -0.2) is 17.7 Å². The average molecular weight is 512 g/mol. The number of aldehydes is 1. The second kappa shape index (κ2) is 10.9. The van der Waals surface area contributed by atoms with E-state index in [9.17, 15) is 13.2 Å². The highest BCUT2D eigenvalue weighted by atomic mass is 32.2. The molecule has 0 aliphatic heterocycles. The molecule has 10 nitrogen and oxygen atoms in total. The second-order valence-corrected chi connectivity index (χ2v) is 9.67. The van der Waals surface area contributed by atoms with Crippen molar-refractivity contribution in [2.45, 2.75) is 18.7 Å². The molecule has 11 heteroatoms. The van der Waals surface area contributed by atoms with Crippen molar-refractivity contribution in [2.75, 3.05) is 31.4 Å². The minimum atomic E-state index is -4.32. The number of hydrogen-bond donors (Lipinski definition) is 0. The van der Waals surface area contributed by atoms with E-state index >= 15 is 0 Å². The van der Waals surface area contributed by atoms with E-state index in [0.29, 0.717) is 39.8 Å². The van der Waals surface area contributed by atoms with Gasteiger partial charge in [0, 0.05) is 29.4 Å². The molecule has 0 fully saturated rings. The van der Waals surface area contributed by atoms with Gasteiger partial charge in [0.15, 0.2) is 6.29 Å². The molecule has 0 unspecified atom stereocenters. The molecule has 0 aliphatic rings. The van der Waals surface area contributed by atoms with Gasteiger partial charge in [-0.2, -0.15) is 0 Å². The number of anilines is 1. The van der Waals surface area contributed by atoms with Crippen LogP contribution in [0.15, 0.2) is 68.8 Å². The van der Waals surface area contributed by atoms with Gasteiger partial charge in [0.05, 0.1) is 30.0 Å². The molecule has 2 aromatic carbocycles. The van der Waals surface area contributed by atoms with Gasteiger partial charge in [-0.05, 0) is 31.5 Å². The first-order valence-corrected chi connectivity index (χ1v) is 12.4. The number of ether oxygens (including phenoxy) is 2. The number of rotatable bonds is 11. The second-order valence-electron chi connectivity index (χ2n) is 7.84. The maximum absolute atomic E-state index is 14.3. The van der Waals surface area contributed by atoms with Crippen molar-refractivity contribution in [3.05, 3.63) is 71.7 Å². The van der Waals surface area contributed by atoms with Crippen LogP contribution in [0, 0.1) is 13.8 Å². The molecule has 0 spiro atoms. The molecule has 0 amide bonds. The monoisotopic (exact) mass is 511 g/mol. The quantitative estimate of drug-likeness (QED) is 0.165. The molecule has 188 valence electrons. The zero-order valence-electron chi connectivity index (χ0n) is 20.0. The lowest BCUT2D eigenvalue weighted by Crippen LogP contribution is -2.34. The molecular weight excluding hydrogens is 486 g/mol. The molecule has 36 heavy (non-hydrogen) atoms. The van der Waals surface area contributed by atoms with Crippen molar-refractivity contribution in [1.82, 2.24) is 10.1 Å². The number of benzene rings is 2. The summed E-state index contributed by atoms with van der Waals surface area (Å²) in [6.45, 7) is 3.52. The summed E-state index contributed by atoms with van der Waals surface area (Å²) in [6.07, 6.45) is 3.55. The number of aryl methyl sites for hydroxylation is 1. The largest absolute Gasteiger partial charge is 0.445 e. The zero-order valence-corrected chi connectivity index (χ0v) is 20.8. The van der Waals surface area contributed by atoms with Crippen LogP contribution in [0.3, 0.4) is 0 Å². The van der Waals surface area contributed by atoms with E-state index in [2.05, 4.69) is 10.1 Å². The van der Waals surface area contributed by atoms with E-state index in [1.54, 1.807) is 50.2 Å². The Labute approximate surface area is 208 Å². The van der Waals surface area contributed by atoms with Crippen molar-refractivity contribution in [3.63, 3.8) is 0 Å². The average Bonchev–Trinajstić information content (AvgIpc) is 3.54. The van der Waals surface area contributed by atoms with Crippen LogP contribution in [-0.4, -0.2) is 51.9 Å². The fourth-order valence-corrected chi connectivity index (χ4v) is 5.16. The van der Waals surface area contributed by atoms with Crippen molar-refractivity contribution in [3.8, 4) is 22.6 Å². The summed E-state index contributed by atoms with van der Waals surface area (Å²) in [5, 5.41) is 3.92. The highest BCUT2D eigenvalue weighted by molar-refractivity contribution is 7.93. The van der Waals surface area contributed by atoms with Crippen LogP contribution < -0.4 is 4.31 Å². The van der Waals surface area contributed by atoms with E-state index < -0.39 is 10.0 Å². The molecule has 4 rings (SSSR count). The van der Waals surface area contributed by atoms with Crippen molar-refractivity contribution < 1.29 is 31.6 Å². The third-order valence-corrected chi connectivity index (χ3v) is 7.35. The lowest BCUT2D eigenvalue weighted by Gasteiger charge is -2.24. The zero-order chi connectivity index (χ0) is 25.7. The first-order chi connectivity index (χ1) is 17.4. The molecule has 0 N–H and O–H groups in total. The van der Waals surface area contributed by atoms with Gasteiger partial charge >= 0.3 is 0 Å². The lowest BCUT2D eigenvalue weighted by atomic mass is 9.99. The molecular formula is C25H25N3O7S. The number of carbonyl (C=O) groups is 1. The highest BCUT2D eigenvalue weighted by Crippen LogP contribution is 2.37. The minimum Gasteiger partial charge on any atom is -0.445 e. The number of sulfonamides is 1. The van der Waals surface area contributed by atoms with E-state index in [0.717, 1.165) is 4.31 Å². The number of carbonyl (C=O) groups excluding carboxylic acids is 1. The SMILES string of the molecule is COCCOCN(c1onc(C)c1C)S(=O)(=O)c1cc(-c2ncco2)ccc1-c1ccccc1C=O. The summed E-state index contributed by atoms with van der Waals surface area (Å²) in [6, 6.07) is 11.5. The van der Waals surface area contributed by atoms with Crippen LogP contribution in [0.4, 0.5) is 5.88 Å². The molecule has 0 aliphatic carbocycles. The van der Waals surface area contributed by atoms with Gasteiger partial charge < -0.3 is 18.4 Å². The van der Waals surface area contributed by atoms with Crippen LogP contribution in [0.2, 0.25) is 0 Å². The van der Waals surface area contributed by atoms with Gasteiger partial charge in [0.25, 0.3) is 10.0 Å². The first kappa shape index (κ1) is 25.3. The highest BCUT2D eigenvalue weighted by Gasteiger charge is 2.33. The van der Waals surface area contributed by atoms with Crippen molar-refractivity contribution in [1.29, 1.82) is 0 Å². The van der Waals surface area contributed by atoms with Gasteiger partial charge in [-0.1, -0.05) is 35.5 Å². The van der Waals surface area contributed by atoms with Gasteiger partial charge in [-0.15, -0.1) is 0 Å². The van der Waals surface area contributed by atoms with Crippen LogP contribution in [0.5, 0.6) is 0 Å². The molecule has 0 atom stereocenters. The van der Waals surface area contributed by atoms with Gasteiger partial charge in [-0.3, -0.25) is 4.79 Å². The fraction of sp³-hybridized carbons (Fsp3) is 0.240. The number of aromatic nitrogens is 2. The molecule has 2 aromatic heterocycles. The Morgan fingerprint density at radius 1 is 1.08 bits per heavy atom. The Balaban J connectivity index is 1.92. The number of hydrogen-bond acceptors (Lipinski definition) is 9. The summed E-state index contributed by atoms with van der Waals surface area (Å²) in [5.41, 5.74) is 2.65. The lowest BCUT2D eigenvalue weighted by molar-refractivity contribution is 0.0744. The van der Waals surface area contributed by atoms with Crippen LogP contribution in [0.25, 0.3) is 22.6 Å². The van der Waals surface area contributed by atoms with E-state index in [-0.39, 0.29) is 36.6 Å². The third-order valence-electron chi connectivity index (χ3n) is 5.61. The number of oxazole rings is 1. The Kier molecular flexibility index (Phi) is 7.63. The van der Waals surface area contributed by atoms with Gasteiger partial charge in [0.1, 0.15) is 13.0 Å². The maximum Gasteiger partial charge on any atom is 0.269 e. The summed E-state index contributed by atoms with van der Waals surface area (Å²) in [7, 11) is -2.80. The maximum atomic E-state index is 14.3. The Bertz CT molecular complexity index is 1450. The smallest absolute Gasteiger partial charge is 0.269 e. The summed E-state index contributed by atoms with van der Waals surface area (Å²) in [5.74, 6) is 0.275. The van der Waals surface area contributed by atoms with E-state index in [4.69, 9.17) is 18.4 Å². The Morgan fingerprint density at radius 2 is 1.89 bits per heavy atom. The molecule has 0 saturated heterocycles. The summed E-state index contributed by atoms with van der Waals surface area (Å²) < 4.78 is 51.0. The fourth-order valence-electron chi connectivity index (χ4n) is 3.58. The van der Waals surface area contributed by atoms with Crippen molar-refractivity contribution in [2.24, 2.45) is 0 Å². The Hall–Kier alpha value is -3.80. The van der Waals surface area contributed by atoms with E-state index in [1.807, 2.05) is 0 Å². The topological polar surface area (TPSA) is 125 Å². The molecule has 0 radical (unpaired) electrons. The molecule has 0 saturated carbocycles. The minimum absolute atomic E-state index is 0.0288. The molecule has 2 heterocycles. The first-order valence-electron chi connectivity index (χ1n) is 11.0. The third kappa shape index (κ3) is 4.94. The predicted octanol–water partition coefficient (Wildman–Crippen LogP) is 4.24. The van der Waals surface area contributed by atoms with Crippen LogP contribution in [0.1, 0.15) is 21.6 Å². The van der Waals surface area contributed by atoms with Crippen molar-refractivity contribution >= 4 is 22.2 Å². The molecule has 0 bridgehead atoms. The predicted molar refractivity (Wildman–Crippen MR) is 131 cm³/mol. The standard InChI is InChI=1S/C25H25N3O7S/c1-17-18(2)27-35-25(17)28(16-33-13-12-32-3)36(30,31)23-14-19(24-26-10-11-34-24)8-9-22(23)21-7-5-4-6-20(21)15-29/h4-11,14-15H,12-13,16H2,1-3H3. The summed E-state index contributed by atoms with van der Waals surface area (Å²) >= 11 is 0. The van der Waals surface area contributed by atoms with Crippen LogP contribution in [-0.2, 0) is 19.5 Å². The number of nitrogens with zero attached hydrogens (tertiary/aromatic N) is 3. The normalized spacial score (nSPS) is 11.5. The van der Waals surface area contributed by atoms with Crippen LogP contribution >= 0.6 is 0 Å². The van der Waals surface area contributed by atoms with E-state index in [1.165, 1.54) is 25.6 Å². The molecule has 4 aromatic rings. The number of methoxy groups -OCH3 is 1. The Morgan fingerprint density at radius 3 is 2.56 bits per heavy atom. The van der Waals surface area contributed by atoms with Gasteiger partial charge in [0.2, 0.25) is 11.8 Å². The summed E-state index contributed by atoms with van der Waals surface area (Å²) in [4.78, 5) is 15.8.